The first-order valence-electron chi connectivity index (χ1n) is 10.9. The minimum absolute atomic E-state index is 0.0809. The van der Waals surface area contributed by atoms with Crippen molar-refractivity contribution >= 4 is 23.6 Å². The molecule has 2 N–H and O–H groups in total. The van der Waals surface area contributed by atoms with Gasteiger partial charge in [0.15, 0.2) is 0 Å². The summed E-state index contributed by atoms with van der Waals surface area (Å²) in [6.07, 6.45) is 6.26. The fourth-order valence-electron chi connectivity index (χ4n) is 3.20. The molecule has 0 saturated carbocycles. The number of carbonyl (C=O) groups excluding carboxylic acids is 3. The van der Waals surface area contributed by atoms with Gasteiger partial charge in [0, 0.05) is 17.8 Å². The molecular weight excluding hydrogens is 430 g/mol. The minimum Gasteiger partial charge on any atom is -0.444 e. The third-order valence-corrected chi connectivity index (χ3v) is 4.79. The van der Waals surface area contributed by atoms with Crippen molar-refractivity contribution in [1.82, 2.24) is 10.2 Å². The highest BCUT2D eigenvalue weighted by Gasteiger charge is 2.31. The largest absolute Gasteiger partial charge is 0.444 e. The molecule has 7 heteroatoms. The molecule has 0 aliphatic heterocycles. The smallest absolute Gasteiger partial charge is 0.408 e. The Bertz CT molecular complexity index is 1080. The van der Waals surface area contributed by atoms with E-state index in [1.807, 2.05) is 25.1 Å². The zero-order chi connectivity index (χ0) is 25.3. The number of alkyl carbamates (subject to hydrolysis) is 1. The predicted molar refractivity (Wildman–Crippen MR) is 133 cm³/mol. The zero-order valence-corrected chi connectivity index (χ0v) is 20.1. The predicted octanol–water partition coefficient (Wildman–Crippen LogP) is 4.20. The fraction of sp³-hybridized carbons (Fsp3) is 0.296. The highest BCUT2D eigenvalue weighted by atomic mass is 16.6. The van der Waals surface area contributed by atoms with Crippen LogP contribution in [0.2, 0.25) is 0 Å². The second kappa shape index (κ2) is 11.7. The molecule has 0 aliphatic carbocycles. The summed E-state index contributed by atoms with van der Waals surface area (Å²) in [7, 11) is 0. The van der Waals surface area contributed by atoms with E-state index in [1.54, 1.807) is 51.1 Å². The van der Waals surface area contributed by atoms with Crippen LogP contribution in [0.25, 0.3) is 0 Å². The molecule has 34 heavy (non-hydrogen) atoms. The highest BCUT2D eigenvalue weighted by molar-refractivity contribution is 5.99. The van der Waals surface area contributed by atoms with Crippen LogP contribution in [-0.2, 0) is 14.3 Å². The maximum Gasteiger partial charge on any atom is 0.408 e. The van der Waals surface area contributed by atoms with Gasteiger partial charge >= 0.3 is 6.09 Å². The Labute approximate surface area is 201 Å². The van der Waals surface area contributed by atoms with Crippen LogP contribution in [0.15, 0.2) is 61.2 Å². The van der Waals surface area contributed by atoms with Crippen LogP contribution < -0.4 is 10.6 Å². The summed E-state index contributed by atoms with van der Waals surface area (Å²) < 4.78 is 5.20. The number of hydrogen-bond acceptors (Lipinski definition) is 4. The molecule has 2 rings (SSSR count). The van der Waals surface area contributed by atoms with Gasteiger partial charge in [0.25, 0.3) is 5.91 Å². The number of benzene rings is 2. The summed E-state index contributed by atoms with van der Waals surface area (Å²) in [4.78, 5) is 40.0. The van der Waals surface area contributed by atoms with Crippen LogP contribution in [0.3, 0.4) is 0 Å². The van der Waals surface area contributed by atoms with Crippen molar-refractivity contribution in [2.45, 2.75) is 39.3 Å². The maximum absolute atomic E-state index is 13.5. The monoisotopic (exact) mass is 461 g/mol. The summed E-state index contributed by atoms with van der Waals surface area (Å²) >= 11 is 0. The van der Waals surface area contributed by atoms with Gasteiger partial charge in [-0.3, -0.25) is 9.59 Å². The lowest BCUT2D eigenvalue weighted by molar-refractivity contribution is -0.137. The molecule has 7 nitrogen and oxygen atoms in total. The number of nitrogens with one attached hydrogen (secondary N) is 2. The molecule has 0 aliphatic rings. The van der Waals surface area contributed by atoms with E-state index >= 15 is 0 Å². The van der Waals surface area contributed by atoms with E-state index in [0.29, 0.717) is 16.8 Å². The number of ether oxygens (including phenoxy) is 1. The molecule has 0 bridgehead atoms. The van der Waals surface area contributed by atoms with Crippen molar-refractivity contribution in [2.75, 3.05) is 18.4 Å². The van der Waals surface area contributed by atoms with Crippen LogP contribution in [0.4, 0.5) is 10.5 Å². The molecule has 2 aromatic carbocycles. The quantitative estimate of drug-likeness (QED) is 0.456. The molecule has 3 amide bonds. The van der Waals surface area contributed by atoms with Crippen LogP contribution in [-0.4, -0.2) is 41.5 Å². The Morgan fingerprint density at radius 3 is 2.35 bits per heavy atom. The first-order chi connectivity index (χ1) is 16.1. The standard InChI is InChI=1S/C27H31N3O4/c1-7-17-30(23(31)18-28-26(33)34-27(4,5)6)24(21-15-13-20(8-2)14-16-21)25(32)29-22-12-10-9-11-19(22)3/h2,7,9-16,24H,1,17-18H2,3-6H3,(H,28,33)(H,29,32). The van der Waals surface area contributed by atoms with Crippen LogP contribution in [0.1, 0.15) is 43.5 Å². The average molecular weight is 462 g/mol. The molecule has 178 valence electrons. The SMILES string of the molecule is C#Cc1ccc(C(C(=O)Nc2ccccc2C)N(CC=C)C(=O)CNC(=O)OC(C)(C)C)cc1. The van der Waals surface area contributed by atoms with Crippen molar-refractivity contribution in [1.29, 1.82) is 0 Å². The molecule has 2 aromatic rings. The van der Waals surface area contributed by atoms with E-state index in [1.165, 1.54) is 11.0 Å². The Balaban J connectivity index is 2.35. The first kappa shape index (κ1) is 26.2. The molecule has 0 aromatic heterocycles. The van der Waals surface area contributed by atoms with E-state index in [9.17, 15) is 14.4 Å². The van der Waals surface area contributed by atoms with E-state index in [0.717, 1.165) is 5.56 Å². The van der Waals surface area contributed by atoms with Gasteiger partial charge in [0.1, 0.15) is 18.2 Å². The fourth-order valence-corrected chi connectivity index (χ4v) is 3.20. The third-order valence-electron chi connectivity index (χ3n) is 4.79. The summed E-state index contributed by atoms with van der Waals surface area (Å²) in [5.74, 6) is 1.66. The highest BCUT2D eigenvalue weighted by Crippen LogP contribution is 2.25. The molecule has 0 heterocycles. The molecular formula is C27H31N3O4. The van der Waals surface area contributed by atoms with Crippen molar-refractivity contribution < 1.29 is 19.1 Å². The zero-order valence-electron chi connectivity index (χ0n) is 20.1. The number of aryl methyl sites for hydroxylation is 1. The minimum atomic E-state index is -0.989. The molecule has 0 saturated heterocycles. The van der Waals surface area contributed by atoms with Gasteiger partial charge in [-0.1, -0.05) is 42.3 Å². The number of hydrogen-bond donors (Lipinski definition) is 2. The normalized spacial score (nSPS) is 11.5. The first-order valence-corrected chi connectivity index (χ1v) is 10.9. The Hall–Kier alpha value is -4.05. The van der Waals surface area contributed by atoms with E-state index < -0.39 is 29.6 Å². The van der Waals surface area contributed by atoms with Crippen molar-refractivity contribution in [3.8, 4) is 12.3 Å². The number of carbonyl (C=O) groups is 3. The summed E-state index contributed by atoms with van der Waals surface area (Å²) in [6, 6.07) is 13.2. The number of anilines is 1. The lowest BCUT2D eigenvalue weighted by Gasteiger charge is -2.31. The Morgan fingerprint density at radius 1 is 1.15 bits per heavy atom. The van der Waals surface area contributed by atoms with Gasteiger partial charge < -0.3 is 20.3 Å². The Kier molecular flexibility index (Phi) is 9.02. The lowest BCUT2D eigenvalue weighted by atomic mass is 10.0. The van der Waals surface area contributed by atoms with Crippen LogP contribution in [0.5, 0.6) is 0 Å². The molecule has 0 radical (unpaired) electrons. The summed E-state index contributed by atoms with van der Waals surface area (Å²) in [6.45, 7) is 10.5. The van der Waals surface area contributed by atoms with Gasteiger partial charge in [-0.2, -0.15) is 0 Å². The van der Waals surface area contributed by atoms with Crippen LogP contribution >= 0.6 is 0 Å². The van der Waals surface area contributed by atoms with E-state index in [-0.39, 0.29) is 13.1 Å². The molecule has 0 spiro atoms. The number of para-hydroxylation sites is 1. The number of nitrogens with zero attached hydrogens (tertiary/aromatic N) is 1. The Morgan fingerprint density at radius 2 is 1.79 bits per heavy atom. The average Bonchev–Trinajstić information content (AvgIpc) is 2.78. The van der Waals surface area contributed by atoms with E-state index in [4.69, 9.17) is 11.2 Å². The van der Waals surface area contributed by atoms with Crippen LogP contribution in [0, 0.1) is 19.3 Å². The van der Waals surface area contributed by atoms with Crippen molar-refractivity contribution in [2.24, 2.45) is 0 Å². The van der Waals surface area contributed by atoms with Gasteiger partial charge in [-0.05, 0) is 57.0 Å². The molecule has 1 atom stereocenters. The topological polar surface area (TPSA) is 87.7 Å². The van der Waals surface area contributed by atoms with Gasteiger partial charge in [-0.15, -0.1) is 13.0 Å². The second-order valence-corrected chi connectivity index (χ2v) is 8.66. The second-order valence-electron chi connectivity index (χ2n) is 8.66. The lowest BCUT2D eigenvalue weighted by Crippen LogP contribution is -2.46. The summed E-state index contributed by atoms with van der Waals surface area (Å²) in [5, 5.41) is 5.36. The summed E-state index contributed by atoms with van der Waals surface area (Å²) in [5.41, 5.74) is 2.02. The van der Waals surface area contributed by atoms with Gasteiger partial charge in [-0.25, -0.2) is 4.79 Å². The maximum atomic E-state index is 13.5. The van der Waals surface area contributed by atoms with Gasteiger partial charge in [0.2, 0.25) is 5.91 Å². The number of amides is 3. The third kappa shape index (κ3) is 7.52. The van der Waals surface area contributed by atoms with Crippen molar-refractivity contribution in [3.05, 3.63) is 77.9 Å². The van der Waals surface area contributed by atoms with Gasteiger partial charge in [0.05, 0.1) is 0 Å². The van der Waals surface area contributed by atoms with E-state index in [2.05, 4.69) is 23.1 Å². The number of terminal acetylenes is 1. The molecule has 1 unspecified atom stereocenters. The molecule has 0 fully saturated rings. The van der Waals surface area contributed by atoms with Crippen molar-refractivity contribution in [3.63, 3.8) is 0 Å². The number of rotatable bonds is 8.